The SMILES string of the molecule is C=CC[PH](=O)O.N. The third-order valence-corrected chi connectivity index (χ3v) is 0.957. The van der Waals surface area contributed by atoms with Crippen LogP contribution in [0.2, 0.25) is 0 Å². The lowest BCUT2D eigenvalue weighted by Crippen LogP contribution is -1.61. The van der Waals surface area contributed by atoms with Crippen molar-refractivity contribution in [2.24, 2.45) is 0 Å². The van der Waals surface area contributed by atoms with Gasteiger partial charge in [-0.3, -0.25) is 4.57 Å². The van der Waals surface area contributed by atoms with Crippen molar-refractivity contribution < 1.29 is 9.46 Å². The van der Waals surface area contributed by atoms with Crippen LogP contribution in [0, 0.1) is 0 Å². The second kappa shape index (κ2) is 5.89. The van der Waals surface area contributed by atoms with E-state index < -0.39 is 8.03 Å². The molecule has 4 N–H and O–H groups in total. The summed E-state index contributed by atoms with van der Waals surface area (Å²) in [6, 6.07) is 0. The van der Waals surface area contributed by atoms with Crippen LogP contribution in [0.3, 0.4) is 0 Å². The zero-order valence-corrected chi connectivity index (χ0v) is 5.05. The molecule has 0 aromatic rings. The third-order valence-electron chi connectivity index (χ3n) is 0.319. The number of hydrogen-bond donors (Lipinski definition) is 2. The van der Waals surface area contributed by atoms with Crippen LogP contribution in [0.15, 0.2) is 12.7 Å². The summed E-state index contributed by atoms with van der Waals surface area (Å²) in [5, 5.41) is 0. The molecule has 0 heterocycles. The van der Waals surface area contributed by atoms with Crippen molar-refractivity contribution in [2.75, 3.05) is 6.16 Å². The fraction of sp³-hybridized carbons (Fsp3) is 0.333. The normalized spacial score (nSPS) is 11.6. The molecule has 1 unspecified atom stereocenters. The Hall–Kier alpha value is -0.110. The first-order valence-corrected chi connectivity index (χ1v) is 3.16. The molecule has 0 fully saturated rings. The second-order valence-corrected chi connectivity index (χ2v) is 2.08. The molecule has 44 valence electrons. The van der Waals surface area contributed by atoms with Crippen molar-refractivity contribution in [1.29, 1.82) is 0 Å². The Morgan fingerprint density at radius 2 is 2.29 bits per heavy atom. The molecule has 0 aliphatic rings. The summed E-state index contributed by atoms with van der Waals surface area (Å²) >= 11 is 0. The molecular formula is C3H10NO2P. The third kappa shape index (κ3) is 10.7. The van der Waals surface area contributed by atoms with Gasteiger partial charge >= 0.3 is 0 Å². The molecule has 3 nitrogen and oxygen atoms in total. The summed E-state index contributed by atoms with van der Waals surface area (Å²) in [6.07, 6.45) is 1.67. The van der Waals surface area contributed by atoms with Crippen LogP contribution in [-0.2, 0) is 4.57 Å². The van der Waals surface area contributed by atoms with Gasteiger partial charge in [0.05, 0.1) is 0 Å². The molecule has 1 atom stereocenters. The first kappa shape index (κ1) is 10.00. The minimum atomic E-state index is -2.25. The Labute approximate surface area is 43.5 Å². The van der Waals surface area contributed by atoms with E-state index in [1.54, 1.807) is 0 Å². The average molecular weight is 123 g/mol. The van der Waals surface area contributed by atoms with Crippen molar-refractivity contribution in [2.45, 2.75) is 0 Å². The van der Waals surface area contributed by atoms with Crippen LogP contribution in [0.5, 0.6) is 0 Å². The standard InChI is InChI=1S/C3H7O2P.H3N/c1-2-3-6(4)5;/h2,6H,1,3H2,(H,4,5);1H3. The van der Waals surface area contributed by atoms with E-state index in [9.17, 15) is 4.57 Å². The average Bonchev–Trinajstić information content (AvgIpc) is 1.35. The van der Waals surface area contributed by atoms with Gasteiger partial charge in [-0.2, -0.15) is 0 Å². The summed E-state index contributed by atoms with van der Waals surface area (Å²) in [6.45, 7) is 3.27. The number of rotatable bonds is 2. The Balaban J connectivity index is 0. The highest BCUT2D eigenvalue weighted by molar-refractivity contribution is 7.38. The Morgan fingerprint density at radius 1 is 1.86 bits per heavy atom. The lowest BCUT2D eigenvalue weighted by atomic mass is 10.8. The first-order valence-electron chi connectivity index (χ1n) is 1.60. The molecule has 0 bridgehead atoms. The predicted octanol–water partition coefficient (Wildman–Crippen LogP) is 0.801. The van der Waals surface area contributed by atoms with E-state index in [4.69, 9.17) is 4.89 Å². The van der Waals surface area contributed by atoms with E-state index in [-0.39, 0.29) is 12.3 Å². The zero-order valence-electron chi connectivity index (χ0n) is 4.05. The smallest absolute Gasteiger partial charge is 0.192 e. The van der Waals surface area contributed by atoms with Crippen molar-refractivity contribution in [1.82, 2.24) is 6.15 Å². The predicted molar refractivity (Wildman–Crippen MR) is 31.3 cm³/mol. The summed E-state index contributed by atoms with van der Waals surface area (Å²) in [4.78, 5) is 8.03. The van der Waals surface area contributed by atoms with Crippen molar-refractivity contribution in [3.8, 4) is 0 Å². The highest BCUT2D eigenvalue weighted by Crippen LogP contribution is 2.10. The first-order chi connectivity index (χ1) is 2.77. The molecule has 0 amide bonds. The van der Waals surface area contributed by atoms with Crippen molar-refractivity contribution in [3.63, 3.8) is 0 Å². The van der Waals surface area contributed by atoms with Gasteiger partial charge in [0.15, 0.2) is 8.03 Å². The Bertz CT molecular complexity index is 73.3. The maximum atomic E-state index is 9.71. The quantitative estimate of drug-likeness (QED) is 0.421. The molecular weight excluding hydrogens is 113 g/mol. The van der Waals surface area contributed by atoms with Gasteiger partial charge in [0.1, 0.15) is 0 Å². The van der Waals surface area contributed by atoms with Crippen molar-refractivity contribution >= 4 is 8.03 Å². The van der Waals surface area contributed by atoms with Gasteiger partial charge in [-0.05, 0) is 0 Å². The molecule has 0 aliphatic carbocycles. The Kier molecular flexibility index (Phi) is 8.41. The fourth-order valence-electron chi connectivity index (χ4n) is 0.123. The second-order valence-electron chi connectivity index (χ2n) is 0.887. The summed E-state index contributed by atoms with van der Waals surface area (Å²) in [7, 11) is -2.25. The van der Waals surface area contributed by atoms with Crippen LogP contribution in [0.4, 0.5) is 0 Å². The Morgan fingerprint density at radius 3 is 2.29 bits per heavy atom. The van der Waals surface area contributed by atoms with E-state index in [0.717, 1.165) is 0 Å². The maximum Gasteiger partial charge on any atom is 0.192 e. The van der Waals surface area contributed by atoms with Gasteiger partial charge in [0.2, 0.25) is 0 Å². The van der Waals surface area contributed by atoms with E-state index >= 15 is 0 Å². The lowest BCUT2D eigenvalue weighted by molar-refractivity contribution is 0.506. The van der Waals surface area contributed by atoms with Crippen LogP contribution >= 0.6 is 8.03 Å². The molecule has 0 aromatic carbocycles. The summed E-state index contributed by atoms with van der Waals surface area (Å²) < 4.78 is 9.71. The van der Waals surface area contributed by atoms with Crippen LogP contribution in [0.25, 0.3) is 0 Å². The molecule has 0 saturated carbocycles. The molecule has 0 spiro atoms. The van der Waals surface area contributed by atoms with Gasteiger partial charge in [0.25, 0.3) is 0 Å². The van der Waals surface area contributed by atoms with Gasteiger partial charge < -0.3 is 11.0 Å². The monoisotopic (exact) mass is 123 g/mol. The van der Waals surface area contributed by atoms with E-state index in [1.807, 2.05) is 0 Å². The van der Waals surface area contributed by atoms with Crippen LogP contribution < -0.4 is 6.15 Å². The molecule has 0 aliphatic heterocycles. The molecule has 0 aromatic heterocycles. The number of allylic oxidation sites excluding steroid dienone is 1. The largest absolute Gasteiger partial charge is 0.346 e. The van der Waals surface area contributed by atoms with Crippen LogP contribution in [0.1, 0.15) is 0 Å². The molecule has 4 heteroatoms. The summed E-state index contributed by atoms with van der Waals surface area (Å²) in [5.41, 5.74) is 0. The zero-order chi connectivity index (χ0) is 4.99. The van der Waals surface area contributed by atoms with E-state index in [1.165, 1.54) is 6.08 Å². The minimum absolute atomic E-state index is 0. The highest BCUT2D eigenvalue weighted by Gasteiger charge is 1.79. The molecule has 0 saturated heterocycles. The molecule has 7 heavy (non-hydrogen) atoms. The van der Waals surface area contributed by atoms with Crippen molar-refractivity contribution in [3.05, 3.63) is 12.7 Å². The van der Waals surface area contributed by atoms with Gasteiger partial charge in [-0.25, -0.2) is 0 Å². The fourth-order valence-corrected chi connectivity index (χ4v) is 0.370. The number of hydrogen-bond acceptors (Lipinski definition) is 2. The van der Waals surface area contributed by atoms with Gasteiger partial charge in [-0.1, -0.05) is 6.08 Å². The molecule has 0 radical (unpaired) electrons. The topological polar surface area (TPSA) is 72.3 Å². The lowest BCUT2D eigenvalue weighted by Gasteiger charge is -1.77. The molecule has 0 rings (SSSR count). The maximum absolute atomic E-state index is 9.71. The highest BCUT2D eigenvalue weighted by atomic mass is 31.1. The van der Waals surface area contributed by atoms with E-state index in [2.05, 4.69) is 6.58 Å². The van der Waals surface area contributed by atoms with Gasteiger partial charge in [-0.15, -0.1) is 6.58 Å². The van der Waals surface area contributed by atoms with Gasteiger partial charge in [0, 0.05) is 6.16 Å². The summed E-state index contributed by atoms with van der Waals surface area (Å²) in [5.74, 6) is 0. The minimum Gasteiger partial charge on any atom is -0.346 e. The van der Waals surface area contributed by atoms with Crippen LogP contribution in [-0.4, -0.2) is 11.1 Å². The van der Waals surface area contributed by atoms with E-state index in [0.29, 0.717) is 0 Å².